The molecule has 220 valence electrons. The van der Waals surface area contributed by atoms with E-state index in [9.17, 15) is 14.4 Å². The number of carbonyl (C=O) groups excluding carboxylic acids is 3. The molecule has 3 atom stereocenters. The van der Waals surface area contributed by atoms with Gasteiger partial charge in [0.1, 0.15) is 6.04 Å². The highest BCUT2D eigenvalue weighted by Gasteiger charge is 2.41. The molecule has 0 bridgehead atoms. The molecule has 0 unspecified atom stereocenters. The molecule has 1 spiro atoms. The van der Waals surface area contributed by atoms with E-state index in [-0.39, 0.29) is 29.7 Å². The lowest BCUT2D eigenvalue weighted by Gasteiger charge is -2.40. The highest BCUT2D eigenvalue weighted by Crippen LogP contribution is 2.36. The lowest BCUT2D eigenvalue weighted by atomic mass is 9.75. The number of nitrogens with zero attached hydrogens (tertiary/aromatic N) is 3. The van der Waals surface area contributed by atoms with E-state index in [4.69, 9.17) is 4.74 Å². The molecule has 1 aromatic carbocycles. The van der Waals surface area contributed by atoms with Gasteiger partial charge in [0.25, 0.3) is 0 Å². The van der Waals surface area contributed by atoms with Gasteiger partial charge in [-0.15, -0.1) is 0 Å². The number of benzene rings is 1. The van der Waals surface area contributed by atoms with Crippen molar-refractivity contribution in [2.24, 2.45) is 18.4 Å². The first-order valence-corrected chi connectivity index (χ1v) is 15.0. The molecule has 1 aromatic heterocycles. The van der Waals surface area contributed by atoms with Crippen molar-refractivity contribution in [2.75, 3.05) is 26.3 Å². The Morgan fingerprint density at radius 3 is 2.63 bits per heavy atom. The predicted molar refractivity (Wildman–Crippen MR) is 156 cm³/mol. The minimum absolute atomic E-state index is 0.0663. The highest BCUT2D eigenvalue weighted by molar-refractivity contribution is 5.90. The van der Waals surface area contributed by atoms with Crippen LogP contribution in [0.2, 0.25) is 0 Å². The summed E-state index contributed by atoms with van der Waals surface area (Å²) in [4.78, 5) is 42.7. The van der Waals surface area contributed by atoms with Crippen molar-refractivity contribution >= 4 is 17.7 Å². The van der Waals surface area contributed by atoms with Crippen molar-refractivity contribution in [2.45, 2.75) is 70.4 Å². The molecule has 2 N–H and O–H groups in total. The Morgan fingerprint density at radius 2 is 1.90 bits per heavy atom. The molecule has 4 heterocycles. The van der Waals surface area contributed by atoms with Crippen LogP contribution in [-0.2, 0) is 39.0 Å². The Kier molecular flexibility index (Phi) is 9.22. The van der Waals surface area contributed by atoms with E-state index < -0.39 is 11.5 Å². The minimum Gasteiger partial charge on any atom is -0.381 e. The van der Waals surface area contributed by atoms with E-state index in [1.165, 1.54) is 0 Å². The van der Waals surface area contributed by atoms with Crippen molar-refractivity contribution in [1.82, 2.24) is 25.3 Å². The maximum atomic E-state index is 13.8. The maximum absolute atomic E-state index is 13.8. The number of fused-ring (bicyclic) bond motifs is 1. The number of aryl methyl sites for hydroxylation is 3. The van der Waals surface area contributed by atoms with Crippen molar-refractivity contribution in [3.63, 3.8) is 0 Å². The Morgan fingerprint density at radius 1 is 1.12 bits per heavy atom. The second-order valence-electron chi connectivity index (χ2n) is 11.9. The summed E-state index contributed by atoms with van der Waals surface area (Å²) in [6.07, 6.45) is 11.1. The lowest BCUT2D eigenvalue weighted by molar-refractivity contribution is -0.140. The molecule has 9 nitrogen and oxygen atoms in total. The number of piperidine rings is 1. The van der Waals surface area contributed by atoms with Gasteiger partial charge in [0, 0.05) is 64.3 Å². The highest BCUT2D eigenvalue weighted by atomic mass is 16.5. The molecule has 0 radical (unpaired) electrons. The van der Waals surface area contributed by atoms with Gasteiger partial charge in [0.15, 0.2) is 0 Å². The van der Waals surface area contributed by atoms with E-state index >= 15 is 0 Å². The Bertz CT molecular complexity index is 1250. The van der Waals surface area contributed by atoms with Crippen LogP contribution >= 0.6 is 0 Å². The van der Waals surface area contributed by atoms with Crippen LogP contribution in [0.1, 0.15) is 55.3 Å². The van der Waals surface area contributed by atoms with Crippen LogP contribution < -0.4 is 10.6 Å². The summed E-state index contributed by atoms with van der Waals surface area (Å²) in [6.45, 7) is 4.26. The minimum atomic E-state index is -0.670. The third-order valence-electron chi connectivity index (χ3n) is 9.09. The second-order valence-corrected chi connectivity index (χ2v) is 11.9. The molecule has 3 amide bonds. The normalized spacial score (nSPS) is 25.8. The molecular weight excluding hydrogens is 518 g/mol. The monoisotopic (exact) mass is 561 g/mol. The smallest absolute Gasteiger partial charge is 0.243 e. The van der Waals surface area contributed by atoms with E-state index in [1.54, 1.807) is 4.68 Å². The van der Waals surface area contributed by atoms with E-state index in [2.05, 4.69) is 27.9 Å². The van der Waals surface area contributed by atoms with Gasteiger partial charge in [-0.1, -0.05) is 42.5 Å². The predicted octanol–water partition coefficient (Wildman–Crippen LogP) is 2.87. The van der Waals surface area contributed by atoms with E-state index in [1.807, 2.05) is 55.4 Å². The summed E-state index contributed by atoms with van der Waals surface area (Å²) in [5.74, 6) is 0.0217. The molecule has 2 fully saturated rings. The summed E-state index contributed by atoms with van der Waals surface area (Å²) in [6, 6.07) is 9.09. The van der Waals surface area contributed by atoms with Crippen molar-refractivity contribution in [3.8, 4) is 0 Å². The molecule has 3 aliphatic rings. The topological polar surface area (TPSA) is 106 Å². The van der Waals surface area contributed by atoms with E-state index in [0.29, 0.717) is 71.2 Å². The fourth-order valence-electron chi connectivity index (χ4n) is 6.50. The lowest BCUT2D eigenvalue weighted by Crippen LogP contribution is -2.58. The largest absolute Gasteiger partial charge is 0.381 e. The number of hydrogen-bond donors (Lipinski definition) is 2. The second kappa shape index (κ2) is 13.0. The summed E-state index contributed by atoms with van der Waals surface area (Å²) < 4.78 is 7.39. The SMILES string of the molecule is Cc1nn(C)cc1CCC(=O)N1CC[C@@H]2NC(=O)[C@@H](Cc3ccccc3)NC(=O)C3(C/C=C/C[C@@H]2C1)CCOCC3. The standard InChI is InChI=1S/C32H43N5O4/c1-23-25(21-36(2)35-23)11-12-29(38)37-17-13-27-26(22-37)10-6-7-14-32(15-18-41-19-16-32)31(40)34-28(30(39)33-27)20-24-8-4-3-5-9-24/h3-9,21,26-28H,10-20,22H2,1-2H3,(H,33,39)(H,34,40)/b7-6+/t26-,27+,28-/m1/s1. The van der Waals surface area contributed by atoms with Gasteiger partial charge in [-0.3, -0.25) is 19.1 Å². The number of allylic oxidation sites excluding steroid dienone is 2. The van der Waals surface area contributed by atoms with Crippen LogP contribution in [0.4, 0.5) is 0 Å². The molecule has 5 rings (SSSR count). The number of hydrogen-bond acceptors (Lipinski definition) is 5. The zero-order valence-electron chi connectivity index (χ0n) is 24.3. The zero-order valence-corrected chi connectivity index (χ0v) is 24.3. The molecule has 0 saturated carbocycles. The van der Waals surface area contributed by atoms with Crippen LogP contribution in [-0.4, -0.2) is 70.8 Å². The molecule has 41 heavy (non-hydrogen) atoms. The molecule has 2 saturated heterocycles. The van der Waals surface area contributed by atoms with Gasteiger partial charge in [-0.25, -0.2) is 0 Å². The average molecular weight is 562 g/mol. The molecule has 3 aliphatic heterocycles. The van der Waals surface area contributed by atoms with Gasteiger partial charge in [0.2, 0.25) is 17.7 Å². The van der Waals surface area contributed by atoms with Crippen LogP contribution in [0.3, 0.4) is 0 Å². The molecule has 9 heteroatoms. The van der Waals surface area contributed by atoms with Crippen molar-refractivity contribution < 1.29 is 19.1 Å². The number of rotatable bonds is 5. The third kappa shape index (κ3) is 7.07. The van der Waals surface area contributed by atoms with Crippen LogP contribution in [0.5, 0.6) is 0 Å². The first kappa shape index (κ1) is 29.0. The van der Waals surface area contributed by atoms with Gasteiger partial charge in [-0.2, -0.15) is 5.10 Å². The fraction of sp³-hybridized carbons (Fsp3) is 0.562. The Balaban J connectivity index is 1.32. The van der Waals surface area contributed by atoms with Gasteiger partial charge in [0.05, 0.1) is 11.1 Å². The fourth-order valence-corrected chi connectivity index (χ4v) is 6.50. The third-order valence-corrected chi connectivity index (χ3v) is 9.09. The molecule has 0 aliphatic carbocycles. The maximum Gasteiger partial charge on any atom is 0.243 e. The average Bonchev–Trinajstić information content (AvgIpc) is 3.31. The summed E-state index contributed by atoms with van der Waals surface area (Å²) in [7, 11) is 1.90. The number of amides is 3. The summed E-state index contributed by atoms with van der Waals surface area (Å²) >= 11 is 0. The first-order chi connectivity index (χ1) is 19.8. The number of aromatic nitrogens is 2. The van der Waals surface area contributed by atoms with Crippen LogP contribution in [0.15, 0.2) is 48.7 Å². The van der Waals surface area contributed by atoms with Crippen LogP contribution in [0.25, 0.3) is 0 Å². The Hall–Kier alpha value is -3.46. The van der Waals surface area contributed by atoms with Crippen LogP contribution in [0, 0.1) is 18.3 Å². The number of carbonyl (C=O) groups is 3. The summed E-state index contributed by atoms with van der Waals surface area (Å²) in [5.41, 5.74) is 2.49. The van der Waals surface area contributed by atoms with E-state index in [0.717, 1.165) is 23.2 Å². The van der Waals surface area contributed by atoms with Gasteiger partial charge in [-0.05, 0) is 56.6 Å². The molecular formula is C32H43N5O4. The first-order valence-electron chi connectivity index (χ1n) is 15.0. The van der Waals surface area contributed by atoms with Crippen molar-refractivity contribution in [3.05, 3.63) is 65.5 Å². The Labute approximate surface area is 242 Å². The quantitative estimate of drug-likeness (QED) is 0.547. The summed E-state index contributed by atoms with van der Waals surface area (Å²) in [5, 5.41) is 10.8. The number of ether oxygens (including phenoxy) is 1. The zero-order chi connectivity index (χ0) is 28.8. The van der Waals surface area contributed by atoms with Gasteiger partial charge >= 0.3 is 0 Å². The number of likely N-dealkylation sites (tertiary alicyclic amines) is 1. The van der Waals surface area contributed by atoms with Crippen molar-refractivity contribution in [1.29, 1.82) is 0 Å². The number of nitrogens with one attached hydrogen (secondary N) is 2. The molecule has 2 aromatic rings. The van der Waals surface area contributed by atoms with Gasteiger partial charge < -0.3 is 20.3 Å².